The molecule has 0 heterocycles. The molecule has 0 fully saturated rings. The highest BCUT2D eigenvalue weighted by Crippen LogP contribution is 1.99. The van der Waals surface area contributed by atoms with Crippen LogP contribution >= 0.6 is 0 Å². The number of ether oxygens (including phenoxy) is 1. The Bertz CT molecular complexity index is 227. The van der Waals surface area contributed by atoms with Gasteiger partial charge in [0.25, 0.3) is 0 Å². The number of allylic oxidation sites excluding steroid dienone is 2. The minimum atomic E-state index is 0.264. The summed E-state index contributed by atoms with van der Waals surface area (Å²) >= 11 is 0. The first-order valence-electron chi connectivity index (χ1n) is 4.31. The van der Waals surface area contributed by atoms with E-state index in [9.17, 15) is 0 Å². The summed E-state index contributed by atoms with van der Waals surface area (Å²) in [7, 11) is 1.60. The van der Waals surface area contributed by atoms with Gasteiger partial charge in [0.05, 0.1) is 13.3 Å². The van der Waals surface area contributed by atoms with Crippen LogP contribution in [0, 0.1) is 5.92 Å². The van der Waals surface area contributed by atoms with Crippen molar-refractivity contribution in [1.82, 2.24) is 0 Å². The second kappa shape index (κ2) is 6.29. The quantitative estimate of drug-likeness (QED) is 0.313. The maximum atomic E-state index is 5.64. The van der Waals surface area contributed by atoms with Crippen LogP contribution in [-0.2, 0) is 4.74 Å². The second-order valence-corrected chi connectivity index (χ2v) is 2.94. The third-order valence-electron chi connectivity index (χ3n) is 1.50. The molecule has 0 aliphatic rings. The molecular weight excluding hydrogens is 164 g/mol. The van der Waals surface area contributed by atoms with Gasteiger partial charge in [0.15, 0.2) is 0 Å². The highest BCUT2D eigenvalue weighted by Gasteiger charge is 1.96. The molecule has 0 rings (SSSR count). The second-order valence-electron chi connectivity index (χ2n) is 2.94. The van der Waals surface area contributed by atoms with Crippen molar-refractivity contribution in [3.8, 4) is 0 Å². The van der Waals surface area contributed by atoms with Gasteiger partial charge < -0.3 is 10.5 Å². The number of nitrogens with two attached hydrogens (primary N) is 1. The molecule has 2 N–H and O–H groups in total. The van der Waals surface area contributed by atoms with Gasteiger partial charge in [-0.05, 0) is 13.0 Å². The van der Waals surface area contributed by atoms with E-state index in [1.165, 1.54) is 0 Å². The summed E-state index contributed by atoms with van der Waals surface area (Å²) in [6.07, 6.45) is 5.34. The van der Waals surface area contributed by atoms with E-state index in [0.717, 1.165) is 0 Å². The SMILES string of the molecule is C\C=C/C(=C\N=C(/N)C(C)C)OC. The molecule has 0 spiro atoms. The fourth-order valence-corrected chi connectivity index (χ4v) is 0.615. The smallest absolute Gasteiger partial charge is 0.136 e. The molecule has 3 heteroatoms. The molecule has 13 heavy (non-hydrogen) atoms. The summed E-state index contributed by atoms with van der Waals surface area (Å²) in [6, 6.07) is 0. The van der Waals surface area contributed by atoms with Crippen molar-refractivity contribution in [2.75, 3.05) is 7.11 Å². The standard InChI is InChI=1S/C10H18N2O/c1-5-6-9(13-4)7-12-10(11)8(2)3/h5-8H,1-4H3,(H2,11,12)/b6-5-,9-7+. The lowest BCUT2D eigenvalue weighted by Crippen LogP contribution is -2.17. The number of rotatable bonds is 4. The zero-order chi connectivity index (χ0) is 10.3. The summed E-state index contributed by atoms with van der Waals surface area (Å²) in [5, 5.41) is 0. The number of aliphatic imine (C=N–C) groups is 1. The van der Waals surface area contributed by atoms with Crippen LogP contribution in [0.5, 0.6) is 0 Å². The molecule has 0 atom stereocenters. The first kappa shape index (κ1) is 11.8. The Morgan fingerprint density at radius 3 is 2.46 bits per heavy atom. The minimum Gasteiger partial charge on any atom is -0.495 e. The normalized spacial score (nSPS) is 14.2. The van der Waals surface area contributed by atoms with Crippen LogP contribution < -0.4 is 5.73 Å². The molecule has 3 nitrogen and oxygen atoms in total. The molecule has 0 aliphatic carbocycles. The molecule has 0 saturated carbocycles. The summed E-state index contributed by atoms with van der Waals surface area (Å²) in [4.78, 5) is 4.07. The Balaban J connectivity index is 4.44. The van der Waals surface area contributed by atoms with Crippen LogP contribution in [0.4, 0.5) is 0 Å². The van der Waals surface area contributed by atoms with E-state index >= 15 is 0 Å². The van der Waals surface area contributed by atoms with Gasteiger partial charge in [-0.25, -0.2) is 4.99 Å². The predicted octanol–water partition coefficient (Wildman–Crippen LogP) is 2.06. The Labute approximate surface area is 80.0 Å². The summed E-state index contributed by atoms with van der Waals surface area (Å²) in [5.74, 6) is 1.57. The zero-order valence-corrected chi connectivity index (χ0v) is 8.74. The number of hydrogen-bond acceptors (Lipinski definition) is 2. The molecule has 0 radical (unpaired) electrons. The third-order valence-corrected chi connectivity index (χ3v) is 1.50. The van der Waals surface area contributed by atoms with Gasteiger partial charge in [0.2, 0.25) is 0 Å². The van der Waals surface area contributed by atoms with Crippen molar-refractivity contribution in [1.29, 1.82) is 0 Å². The number of hydrogen-bond donors (Lipinski definition) is 1. The topological polar surface area (TPSA) is 47.6 Å². The number of methoxy groups -OCH3 is 1. The van der Waals surface area contributed by atoms with Crippen molar-refractivity contribution >= 4 is 5.84 Å². The number of amidine groups is 1. The third kappa shape index (κ3) is 5.06. The Morgan fingerprint density at radius 1 is 1.46 bits per heavy atom. The Kier molecular flexibility index (Phi) is 5.68. The zero-order valence-electron chi connectivity index (χ0n) is 8.74. The molecule has 0 aromatic rings. The van der Waals surface area contributed by atoms with Gasteiger partial charge in [0, 0.05) is 5.92 Å². The van der Waals surface area contributed by atoms with E-state index in [0.29, 0.717) is 11.6 Å². The predicted molar refractivity (Wildman–Crippen MR) is 56.4 cm³/mol. The van der Waals surface area contributed by atoms with Gasteiger partial charge >= 0.3 is 0 Å². The van der Waals surface area contributed by atoms with E-state index in [2.05, 4.69) is 4.99 Å². The van der Waals surface area contributed by atoms with Crippen molar-refractivity contribution < 1.29 is 4.74 Å². The van der Waals surface area contributed by atoms with Gasteiger partial charge in [-0.3, -0.25) is 0 Å². The van der Waals surface area contributed by atoms with E-state index in [1.807, 2.05) is 32.9 Å². The first-order chi connectivity index (χ1) is 6.11. The molecule has 0 aromatic carbocycles. The van der Waals surface area contributed by atoms with Crippen LogP contribution in [-0.4, -0.2) is 12.9 Å². The molecule has 0 aromatic heterocycles. The highest BCUT2D eigenvalue weighted by molar-refractivity contribution is 5.82. The van der Waals surface area contributed by atoms with E-state index in [1.54, 1.807) is 13.3 Å². The lowest BCUT2D eigenvalue weighted by atomic mass is 10.2. The summed E-state index contributed by atoms with van der Waals surface area (Å²) < 4.78 is 5.03. The molecular formula is C10H18N2O. The molecule has 74 valence electrons. The van der Waals surface area contributed by atoms with Crippen LogP contribution in [0.15, 0.2) is 29.1 Å². The molecule has 0 amide bonds. The first-order valence-corrected chi connectivity index (χ1v) is 4.31. The monoisotopic (exact) mass is 182 g/mol. The minimum absolute atomic E-state index is 0.264. The lowest BCUT2D eigenvalue weighted by molar-refractivity contribution is 0.305. The maximum absolute atomic E-state index is 5.64. The fourth-order valence-electron chi connectivity index (χ4n) is 0.615. The Morgan fingerprint density at radius 2 is 2.08 bits per heavy atom. The average molecular weight is 182 g/mol. The lowest BCUT2D eigenvalue weighted by Gasteiger charge is -2.02. The largest absolute Gasteiger partial charge is 0.495 e. The van der Waals surface area contributed by atoms with Gasteiger partial charge in [-0.2, -0.15) is 0 Å². The molecule has 0 bridgehead atoms. The van der Waals surface area contributed by atoms with Gasteiger partial charge in [0.1, 0.15) is 11.6 Å². The van der Waals surface area contributed by atoms with E-state index in [-0.39, 0.29) is 5.92 Å². The molecule has 0 aliphatic heterocycles. The van der Waals surface area contributed by atoms with E-state index in [4.69, 9.17) is 10.5 Å². The summed E-state index contributed by atoms with van der Waals surface area (Å²) in [6.45, 7) is 5.91. The van der Waals surface area contributed by atoms with Gasteiger partial charge in [-0.15, -0.1) is 0 Å². The van der Waals surface area contributed by atoms with Crippen LogP contribution in [0.2, 0.25) is 0 Å². The van der Waals surface area contributed by atoms with Crippen molar-refractivity contribution in [3.05, 3.63) is 24.1 Å². The Hall–Kier alpha value is -1.25. The summed E-state index contributed by atoms with van der Waals surface area (Å²) in [5.41, 5.74) is 5.64. The van der Waals surface area contributed by atoms with Crippen LogP contribution in [0.3, 0.4) is 0 Å². The van der Waals surface area contributed by atoms with Crippen LogP contribution in [0.25, 0.3) is 0 Å². The van der Waals surface area contributed by atoms with Crippen molar-refractivity contribution in [2.45, 2.75) is 20.8 Å². The average Bonchev–Trinajstić information content (AvgIpc) is 2.11. The van der Waals surface area contributed by atoms with Crippen LogP contribution in [0.1, 0.15) is 20.8 Å². The fraction of sp³-hybridized carbons (Fsp3) is 0.500. The molecule has 0 saturated heterocycles. The highest BCUT2D eigenvalue weighted by atomic mass is 16.5. The van der Waals surface area contributed by atoms with Crippen molar-refractivity contribution in [3.63, 3.8) is 0 Å². The maximum Gasteiger partial charge on any atom is 0.136 e. The molecule has 0 unspecified atom stereocenters. The van der Waals surface area contributed by atoms with Gasteiger partial charge in [-0.1, -0.05) is 19.9 Å². The van der Waals surface area contributed by atoms with Crippen molar-refractivity contribution in [2.24, 2.45) is 16.6 Å². The van der Waals surface area contributed by atoms with E-state index < -0.39 is 0 Å². The number of nitrogens with zero attached hydrogens (tertiary/aromatic N) is 1.